The Labute approximate surface area is 123 Å². The average molecular weight is 313 g/mol. The van der Waals surface area contributed by atoms with E-state index in [9.17, 15) is 17.2 Å². The smallest absolute Gasteiger partial charge is 0.341 e. The second-order valence-electron chi connectivity index (χ2n) is 5.64. The monoisotopic (exact) mass is 313 g/mol. The van der Waals surface area contributed by atoms with E-state index in [0.29, 0.717) is 17.5 Å². The third-order valence-corrected chi connectivity index (χ3v) is 5.80. The number of hydrogen-bond donors (Lipinski definition) is 0. The van der Waals surface area contributed by atoms with Gasteiger partial charge in [-0.3, -0.25) is 0 Å². The summed E-state index contributed by atoms with van der Waals surface area (Å²) in [4.78, 5) is 1.68. The molecule has 3 nitrogen and oxygen atoms in total. The summed E-state index contributed by atoms with van der Waals surface area (Å²) in [6.45, 7) is 1.45. The SMILES string of the molecule is O=S(=O)(c1ccccc1N1CC2CC=CCC2C1)C(F)F. The topological polar surface area (TPSA) is 37.4 Å². The molecule has 6 heteroatoms. The lowest BCUT2D eigenvalue weighted by atomic mass is 9.86. The van der Waals surface area contributed by atoms with Gasteiger partial charge in [0.25, 0.3) is 0 Å². The summed E-state index contributed by atoms with van der Waals surface area (Å²) in [6.07, 6.45) is 6.24. The van der Waals surface area contributed by atoms with Crippen molar-refractivity contribution >= 4 is 15.5 Å². The van der Waals surface area contributed by atoms with E-state index < -0.39 is 15.6 Å². The number of fused-ring (bicyclic) bond motifs is 1. The molecule has 1 saturated heterocycles. The van der Waals surface area contributed by atoms with Gasteiger partial charge in [-0.1, -0.05) is 24.3 Å². The maximum Gasteiger partial charge on any atom is 0.341 e. The highest BCUT2D eigenvalue weighted by Gasteiger charge is 2.36. The van der Waals surface area contributed by atoms with Gasteiger partial charge < -0.3 is 4.90 Å². The van der Waals surface area contributed by atoms with Crippen LogP contribution in [0.15, 0.2) is 41.3 Å². The lowest BCUT2D eigenvalue weighted by Crippen LogP contribution is -2.23. The molecule has 2 atom stereocenters. The lowest BCUT2D eigenvalue weighted by molar-refractivity contribution is 0.235. The van der Waals surface area contributed by atoms with Crippen molar-refractivity contribution in [2.45, 2.75) is 23.5 Å². The summed E-state index contributed by atoms with van der Waals surface area (Å²) >= 11 is 0. The molecule has 2 aliphatic rings. The van der Waals surface area contributed by atoms with Gasteiger partial charge in [0.05, 0.1) is 10.6 Å². The fourth-order valence-corrected chi connectivity index (χ4v) is 4.22. The first-order valence-corrected chi connectivity index (χ1v) is 8.56. The zero-order chi connectivity index (χ0) is 15.0. The Bertz CT molecular complexity index is 641. The summed E-state index contributed by atoms with van der Waals surface area (Å²) in [7, 11) is -4.57. The quantitative estimate of drug-likeness (QED) is 0.805. The van der Waals surface area contributed by atoms with E-state index in [4.69, 9.17) is 0 Å². The van der Waals surface area contributed by atoms with E-state index in [-0.39, 0.29) is 4.90 Å². The number of allylic oxidation sites excluding steroid dienone is 2. The lowest BCUT2D eigenvalue weighted by Gasteiger charge is -2.21. The minimum atomic E-state index is -4.57. The molecule has 21 heavy (non-hydrogen) atoms. The number of halogens is 2. The van der Waals surface area contributed by atoms with Crippen LogP contribution in [0.2, 0.25) is 0 Å². The predicted octanol–water partition coefficient (Wildman–Crippen LogP) is 3.09. The maximum absolute atomic E-state index is 12.8. The zero-order valence-electron chi connectivity index (χ0n) is 11.5. The molecule has 0 radical (unpaired) electrons. The first-order valence-electron chi connectivity index (χ1n) is 7.01. The average Bonchev–Trinajstić information content (AvgIpc) is 2.91. The van der Waals surface area contributed by atoms with Crippen LogP contribution in [0.1, 0.15) is 12.8 Å². The van der Waals surface area contributed by atoms with Crippen LogP contribution in [0.3, 0.4) is 0 Å². The molecule has 0 aromatic heterocycles. The Hall–Kier alpha value is -1.43. The third kappa shape index (κ3) is 2.57. The third-order valence-electron chi connectivity index (χ3n) is 4.37. The number of para-hydroxylation sites is 1. The van der Waals surface area contributed by atoms with E-state index >= 15 is 0 Å². The molecule has 1 aromatic carbocycles. The minimum absolute atomic E-state index is 0.258. The van der Waals surface area contributed by atoms with Crippen LogP contribution in [-0.4, -0.2) is 27.3 Å². The summed E-state index contributed by atoms with van der Waals surface area (Å²) in [6, 6.07) is 6.08. The molecule has 0 bridgehead atoms. The fraction of sp³-hybridized carbons (Fsp3) is 0.467. The number of nitrogens with zero attached hydrogens (tertiary/aromatic N) is 1. The van der Waals surface area contributed by atoms with Crippen molar-refractivity contribution in [2.75, 3.05) is 18.0 Å². The fourth-order valence-electron chi connectivity index (χ4n) is 3.27. The molecule has 3 rings (SSSR count). The number of rotatable bonds is 3. The predicted molar refractivity (Wildman–Crippen MR) is 77.2 cm³/mol. The number of hydrogen-bond acceptors (Lipinski definition) is 3. The molecule has 1 aromatic rings. The molecule has 0 saturated carbocycles. The van der Waals surface area contributed by atoms with Gasteiger partial charge in [0.15, 0.2) is 0 Å². The Balaban J connectivity index is 1.94. The van der Waals surface area contributed by atoms with E-state index in [1.165, 1.54) is 12.1 Å². The molecule has 1 heterocycles. The van der Waals surface area contributed by atoms with Gasteiger partial charge in [-0.2, -0.15) is 8.78 Å². The van der Waals surface area contributed by atoms with Crippen LogP contribution in [0.5, 0.6) is 0 Å². The van der Waals surface area contributed by atoms with Crippen molar-refractivity contribution < 1.29 is 17.2 Å². The van der Waals surface area contributed by atoms with E-state index in [0.717, 1.165) is 25.9 Å². The van der Waals surface area contributed by atoms with Gasteiger partial charge in [0.2, 0.25) is 9.84 Å². The summed E-state index contributed by atoms with van der Waals surface area (Å²) in [5.41, 5.74) is 0.409. The second kappa shape index (κ2) is 5.40. The minimum Gasteiger partial charge on any atom is -0.370 e. The Morgan fingerprint density at radius 1 is 1.05 bits per heavy atom. The molecule has 0 spiro atoms. The van der Waals surface area contributed by atoms with Crippen LogP contribution in [0, 0.1) is 11.8 Å². The van der Waals surface area contributed by atoms with Gasteiger partial charge in [-0.05, 0) is 36.8 Å². The summed E-state index contributed by atoms with van der Waals surface area (Å²) in [5, 5.41) is 0. The first-order chi connectivity index (χ1) is 10.00. The molecule has 0 N–H and O–H groups in total. The first kappa shape index (κ1) is 14.5. The molecule has 0 amide bonds. The molecule has 1 aliphatic heterocycles. The molecule has 114 valence electrons. The van der Waals surface area contributed by atoms with Gasteiger partial charge in [-0.25, -0.2) is 8.42 Å². The summed E-state index contributed by atoms with van der Waals surface area (Å²) in [5.74, 6) is -2.42. The highest BCUT2D eigenvalue weighted by Crippen LogP contribution is 2.38. The number of alkyl halides is 2. The molecular weight excluding hydrogens is 296 g/mol. The number of sulfone groups is 1. The van der Waals surface area contributed by atoms with Crippen molar-refractivity contribution in [3.63, 3.8) is 0 Å². The second-order valence-corrected chi connectivity index (χ2v) is 7.53. The van der Waals surface area contributed by atoms with Crippen molar-refractivity contribution in [3.8, 4) is 0 Å². The summed E-state index contributed by atoms with van der Waals surface area (Å²) < 4.78 is 49.4. The van der Waals surface area contributed by atoms with Crippen molar-refractivity contribution in [1.82, 2.24) is 0 Å². The molecule has 1 aliphatic carbocycles. The van der Waals surface area contributed by atoms with Gasteiger partial charge in [0, 0.05) is 13.1 Å². The van der Waals surface area contributed by atoms with Crippen molar-refractivity contribution in [3.05, 3.63) is 36.4 Å². The van der Waals surface area contributed by atoms with Gasteiger partial charge in [-0.15, -0.1) is 0 Å². The molecule has 2 unspecified atom stereocenters. The van der Waals surface area contributed by atoms with Crippen molar-refractivity contribution in [2.24, 2.45) is 11.8 Å². The molecule has 1 fully saturated rings. The van der Waals surface area contributed by atoms with Crippen molar-refractivity contribution in [1.29, 1.82) is 0 Å². The largest absolute Gasteiger partial charge is 0.370 e. The normalized spacial score (nSPS) is 25.4. The highest BCUT2D eigenvalue weighted by molar-refractivity contribution is 7.91. The van der Waals surface area contributed by atoms with Crippen LogP contribution < -0.4 is 4.90 Å². The van der Waals surface area contributed by atoms with Crippen LogP contribution in [0.4, 0.5) is 14.5 Å². The van der Waals surface area contributed by atoms with Gasteiger partial charge >= 0.3 is 5.76 Å². The van der Waals surface area contributed by atoms with Crippen LogP contribution in [-0.2, 0) is 9.84 Å². The molecular formula is C15H17F2NO2S. The van der Waals surface area contributed by atoms with E-state index in [1.807, 2.05) is 4.90 Å². The van der Waals surface area contributed by atoms with E-state index in [2.05, 4.69) is 12.2 Å². The highest BCUT2D eigenvalue weighted by atomic mass is 32.2. The Morgan fingerprint density at radius 2 is 1.62 bits per heavy atom. The zero-order valence-corrected chi connectivity index (χ0v) is 12.3. The maximum atomic E-state index is 12.8. The number of anilines is 1. The van der Waals surface area contributed by atoms with Gasteiger partial charge in [0.1, 0.15) is 0 Å². The Morgan fingerprint density at radius 3 is 2.19 bits per heavy atom. The Kier molecular flexibility index (Phi) is 3.73. The standard InChI is InChI=1S/C15H17F2NO2S/c16-15(17)21(19,20)14-8-4-3-7-13(14)18-9-11-5-1-2-6-12(11)10-18/h1-4,7-8,11-12,15H,5-6,9-10H2. The van der Waals surface area contributed by atoms with Crippen LogP contribution >= 0.6 is 0 Å². The van der Waals surface area contributed by atoms with E-state index in [1.54, 1.807) is 12.1 Å². The van der Waals surface area contributed by atoms with Crippen LogP contribution in [0.25, 0.3) is 0 Å². The number of benzene rings is 1.